The molecule has 9 heteroatoms. The number of anilines is 3. The molecule has 0 aliphatic rings. The first-order valence-corrected chi connectivity index (χ1v) is 7.91. The van der Waals surface area contributed by atoms with Crippen LogP contribution in [0.3, 0.4) is 0 Å². The van der Waals surface area contributed by atoms with E-state index in [9.17, 15) is 21.6 Å². The molecule has 0 saturated carbocycles. The molecule has 0 bridgehead atoms. The Bertz CT molecular complexity index is 742. The number of pyridine rings is 1. The fraction of sp³-hybridized carbons (Fsp3) is 0.154. The Morgan fingerprint density at radius 2 is 1.59 bits per heavy atom. The van der Waals surface area contributed by atoms with Crippen molar-refractivity contribution < 1.29 is 21.6 Å². The van der Waals surface area contributed by atoms with E-state index in [1.54, 1.807) is 0 Å². The van der Waals surface area contributed by atoms with Gasteiger partial charge in [-0.15, -0.1) is 0 Å². The molecule has 0 aliphatic heterocycles. The highest BCUT2D eigenvalue weighted by molar-refractivity contribution is 7.92. The molecule has 0 fully saturated rings. The quantitative estimate of drug-likeness (QED) is 0.902. The molecular weight excluding hydrogens is 319 g/mol. The molecule has 1 aromatic heterocycles. The standard InChI is InChI=1S/C13H12F3N3O2S/c1-22(20,21)19-11-6-7-12(17-8-11)18-10-4-2-9(3-5-10)13(14,15)16/h2-8,19H,1H3,(H,17,18). The summed E-state index contributed by atoms with van der Waals surface area (Å²) < 4.78 is 61.7. The topological polar surface area (TPSA) is 71.1 Å². The highest BCUT2D eigenvalue weighted by Crippen LogP contribution is 2.30. The molecule has 0 saturated heterocycles. The van der Waals surface area contributed by atoms with Crippen LogP contribution < -0.4 is 10.0 Å². The molecule has 1 aromatic carbocycles. The lowest BCUT2D eigenvalue weighted by Gasteiger charge is -2.09. The SMILES string of the molecule is CS(=O)(=O)Nc1ccc(Nc2ccc(C(F)(F)F)cc2)nc1. The van der Waals surface area contributed by atoms with Gasteiger partial charge >= 0.3 is 6.18 Å². The van der Waals surface area contributed by atoms with Gasteiger partial charge in [0.1, 0.15) is 5.82 Å². The largest absolute Gasteiger partial charge is 0.416 e. The minimum Gasteiger partial charge on any atom is -0.340 e. The van der Waals surface area contributed by atoms with Gasteiger partial charge in [-0.25, -0.2) is 13.4 Å². The number of nitrogens with zero attached hydrogens (tertiary/aromatic N) is 1. The molecule has 0 spiro atoms. The van der Waals surface area contributed by atoms with Gasteiger partial charge in [0, 0.05) is 5.69 Å². The van der Waals surface area contributed by atoms with Crippen LogP contribution in [0, 0.1) is 0 Å². The summed E-state index contributed by atoms with van der Waals surface area (Å²) in [6, 6.07) is 7.48. The van der Waals surface area contributed by atoms with Crippen molar-refractivity contribution in [2.24, 2.45) is 0 Å². The first kappa shape index (κ1) is 16.1. The van der Waals surface area contributed by atoms with Crippen LogP contribution in [0.4, 0.5) is 30.4 Å². The van der Waals surface area contributed by atoms with E-state index in [4.69, 9.17) is 0 Å². The Morgan fingerprint density at radius 1 is 1.00 bits per heavy atom. The third-order valence-corrected chi connectivity index (χ3v) is 3.16. The van der Waals surface area contributed by atoms with Crippen LogP contribution in [0.1, 0.15) is 5.56 Å². The van der Waals surface area contributed by atoms with Gasteiger partial charge in [-0.2, -0.15) is 13.2 Å². The molecular formula is C13H12F3N3O2S. The van der Waals surface area contributed by atoms with Crippen molar-refractivity contribution in [3.05, 3.63) is 48.2 Å². The van der Waals surface area contributed by atoms with E-state index in [-0.39, 0.29) is 0 Å². The summed E-state index contributed by atoms with van der Waals surface area (Å²) in [6.07, 6.45) is -2.06. The molecule has 118 valence electrons. The van der Waals surface area contributed by atoms with Crippen LogP contribution in [0.15, 0.2) is 42.6 Å². The second-order valence-corrected chi connectivity index (χ2v) is 6.25. The van der Waals surface area contributed by atoms with Gasteiger partial charge in [-0.05, 0) is 36.4 Å². The smallest absolute Gasteiger partial charge is 0.340 e. The van der Waals surface area contributed by atoms with Crippen LogP contribution in [-0.4, -0.2) is 19.7 Å². The number of sulfonamides is 1. The highest BCUT2D eigenvalue weighted by atomic mass is 32.2. The number of alkyl halides is 3. The Morgan fingerprint density at radius 3 is 2.05 bits per heavy atom. The second-order valence-electron chi connectivity index (χ2n) is 4.51. The summed E-state index contributed by atoms with van der Waals surface area (Å²) in [4.78, 5) is 3.97. The number of benzene rings is 1. The monoisotopic (exact) mass is 331 g/mol. The van der Waals surface area contributed by atoms with Gasteiger partial charge in [0.2, 0.25) is 10.0 Å². The van der Waals surface area contributed by atoms with Crippen LogP contribution in [0.2, 0.25) is 0 Å². The number of hydrogen-bond donors (Lipinski definition) is 2. The van der Waals surface area contributed by atoms with Crippen molar-refractivity contribution in [3.63, 3.8) is 0 Å². The normalized spacial score (nSPS) is 12.0. The Kier molecular flexibility index (Phi) is 4.27. The maximum atomic E-state index is 12.4. The minimum atomic E-state index is -4.38. The molecule has 2 aromatic rings. The lowest BCUT2D eigenvalue weighted by Crippen LogP contribution is -2.09. The maximum Gasteiger partial charge on any atom is 0.416 e. The van der Waals surface area contributed by atoms with Gasteiger partial charge in [0.05, 0.1) is 23.7 Å². The predicted molar refractivity (Wildman–Crippen MR) is 77.4 cm³/mol. The zero-order chi connectivity index (χ0) is 16.4. The summed E-state index contributed by atoms with van der Waals surface area (Å²) in [5, 5.41) is 2.82. The van der Waals surface area contributed by atoms with E-state index in [1.807, 2.05) is 0 Å². The van der Waals surface area contributed by atoms with Gasteiger partial charge in [-0.3, -0.25) is 4.72 Å². The van der Waals surface area contributed by atoms with Crippen molar-refractivity contribution in [2.75, 3.05) is 16.3 Å². The van der Waals surface area contributed by atoms with Crippen molar-refractivity contribution in [1.29, 1.82) is 0 Å². The van der Waals surface area contributed by atoms with E-state index >= 15 is 0 Å². The van der Waals surface area contributed by atoms with Crippen LogP contribution in [-0.2, 0) is 16.2 Å². The summed E-state index contributed by atoms with van der Waals surface area (Å²) >= 11 is 0. The summed E-state index contributed by atoms with van der Waals surface area (Å²) in [6.45, 7) is 0. The van der Waals surface area contributed by atoms with Crippen LogP contribution >= 0.6 is 0 Å². The highest BCUT2D eigenvalue weighted by Gasteiger charge is 2.29. The summed E-state index contributed by atoms with van der Waals surface area (Å²) in [7, 11) is -3.38. The molecule has 2 N–H and O–H groups in total. The number of aromatic nitrogens is 1. The molecule has 0 radical (unpaired) electrons. The predicted octanol–water partition coefficient (Wildman–Crippen LogP) is 3.22. The van der Waals surface area contributed by atoms with Gasteiger partial charge in [-0.1, -0.05) is 0 Å². The summed E-state index contributed by atoms with van der Waals surface area (Å²) in [5.41, 5.74) is -0.0106. The average Bonchev–Trinajstić information content (AvgIpc) is 2.39. The van der Waals surface area contributed by atoms with E-state index < -0.39 is 21.8 Å². The van der Waals surface area contributed by atoms with Gasteiger partial charge in [0.15, 0.2) is 0 Å². The van der Waals surface area contributed by atoms with Gasteiger partial charge in [0.25, 0.3) is 0 Å². The molecule has 5 nitrogen and oxygen atoms in total. The molecule has 0 atom stereocenters. The number of rotatable bonds is 4. The zero-order valence-corrected chi connectivity index (χ0v) is 12.2. The van der Waals surface area contributed by atoms with Crippen LogP contribution in [0.5, 0.6) is 0 Å². The minimum absolute atomic E-state index is 0.292. The first-order chi connectivity index (χ1) is 10.1. The van der Waals surface area contributed by atoms with E-state index in [1.165, 1.54) is 30.5 Å². The van der Waals surface area contributed by atoms with Crippen molar-refractivity contribution in [1.82, 2.24) is 4.98 Å². The van der Waals surface area contributed by atoms with E-state index in [0.29, 0.717) is 17.2 Å². The van der Waals surface area contributed by atoms with Crippen molar-refractivity contribution in [3.8, 4) is 0 Å². The molecule has 2 rings (SSSR count). The molecule has 0 unspecified atom stereocenters. The Labute approximate surface area is 125 Å². The lowest BCUT2D eigenvalue weighted by atomic mass is 10.2. The molecule has 1 heterocycles. The molecule has 0 amide bonds. The lowest BCUT2D eigenvalue weighted by molar-refractivity contribution is -0.137. The first-order valence-electron chi connectivity index (χ1n) is 6.02. The third kappa shape index (κ3) is 4.62. The maximum absolute atomic E-state index is 12.4. The van der Waals surface area contributed by atoms with Crippen molar-refractivity contribution in [2.45, 2.75) is 6.18 Å². The molecule has 22 heavy (non-hydrogen) atoms. The molecule has 0 aliphatic carbocycles. The fourth-order valence-corrected chi connectivity index (χ4v) is 2.18. The zero-order valence-electron chi connectivity index (χ0n) is 11.3. The van der Waals surface area contributed by atoms with Crippen LogP contribution in [0.25, 0.3) is 0 Å². The fourth-order valence-electron chi connectivity index (χ4n) is 1.63. The Hall–Kier alpha value is -2.29. The number of hydrogen-bond acceptors (Lipinski definition) is 4. The third-order valence-electron chi connectivity index (χ3n) is 2.55. The second kappa shape index (κ2) is 5.84. The summed E-state index contributed by atoms with van der Waals surface area (Å²) in [5.74, 6) is 0.374. The van der Waals surface area contributed by atoms with Crippen molar-refractivity contribution >= 4 is 27.2 Å². The van der Waals surface area contributed by atoms with E-state index in [0.717, 1.165) is 18.4 Å². The van der Waals surface area contributed by atoms with E-state index in [2.05, 4.69) is 15.0 Å². The Balaban J connectivity index is 2.08. The van der Waals surface area contributed by atoms with Gasteiger partial charge < -0.3 is 5.32 Å². The average molecular weight is 331 g/mol. The number of halogens is 3. The number of nitrogens with one attached hydrogen (secondary N) is 2.